The first-order valence-electron chi connectivity index (χ1n) is 13.5. The van der Waals surface area contributed by atoms with E-state index in [1.54, 1.807) is 30.3 Å². The Kier molecular flexibility index (Phi) is 8.78. The van der Waals surface area contributed by atoms with E-state index in [-0.39, 0.29) is 12.2 Å². The van der Waals surface area contributed by atoms with Crippen molar-refractivity contribution in [1.29, 1.82) is 0 Å². The number of hydrogen-bond donors (Lipinski definition) is 1. The lowest BCUT2D eigenvalue weighted by Gasteiger charge is -2.39. The maximum Gasteiger partial charge on any atom is 0.336 e. The van der Waals surface area contributed by atoms with Gasteiger partial charge in [0, 0.05) is 30.1 Å². The Morgan fingerprint density at radius 2 is 1.79 bits per heavy atom. The van der Waals surface area contributed by atoms with E-state index in [0.717, 1.165) is 61.2 Å². The Hall–Kier alpha value is -3.03. The number of carboxylic acid groups (broad SMARTS) is 1. The largest absolute Gasteiger partial charge is 0.478 e. The van der Waals surface area contributed by atoms with Gasteiger partial charge in [-0.15, -0.1) is 0 Å². The van der Waals surface area contributed by atoms with Crippen molar-refractivity contribution < 1.29 is 23.1 Å². The average molecular weight is 552 g/mol. The third-order valence-electron chi connectivity index (χ3n) is 7.62. The van der Waals surface area contributed by atoms with Gasteiger partial charge < -0.3 is 10.0 Å². The minimum atomic E-state index is -2.60. The third-order valence-corrected chi connectivity index (χ3v) is 8.40. The molecule has 0 bridgehead atoms. The average Bonchev–Trinajstić information content (AvgIpc) is 3.12. The van der Waals surface area contributed by atoms with Crippen molar-refractivity contribution >= 4 is 23.3 Å². The van der Waals surface area contributed by atoms with Crippen LogP contribution >= 0.6 is 11.8 Å². The Bertz CT molecular complexity index is 1350. The number of halogens is 3. The molecule has 1 aliphatic heterocycles. The number of carbonyl (C=O) groups is 1. The Labute approximate surface area is 231 Å². The number of likely N-dealkylation sites (tertiary alicyclic amines) is 1. The fourth-order valence-corrected chi connectivity index (χ4v) is 6.50. The molecule has 1 N–H and O–H groups in total. The highest BCUT2D eigenvalue weighted by molar-refractivity contribution is 7.99. The molecule has 1 aliphatic carbocycles. The quantitative estimate of drug-likeness (QED) is 0.260. The molecule has 0 amide bonds. The highest BCUT2D eigenvalue weighted by Gasteiger charge is 2.27. The van der Waals surface area contributed by atoms with Gasteiger partial charge in [0.15, 0.2) is 0 Å². The summed E-state index contributed by atoms with van der Waals surface area (Å²) in [5, 5.41) is 10.1. The highest BCUT2D eigenvalue weighted by Crippen LogP contribution is 2.43. The number of hydrogen-bond acceptors (Lipinski definition) is 3. The van der Waals surface area contributed by atoms with E-state index in [1.165, 1.54) is 5.56 Å². The zero-order valence-corrected chi connectivity index (χ0v) is 22.5. The number of alkyl halides is 3. The summed E-state index contributed by atoms with van der Waals surface area (Å²) in [5.41, 5.74) is 6.44. The number of allylic oxidation sites excluding steroid dienone is 1. The highest BCUT2D eigenvalue weighted by atomic mass is 32.2. The Morgan fingerprint density at radius 3 is 2.51 bits per heavy atom. The lowest BCUT2D eigenvalue weighted by molar-refractivity contribution is 0.0697. The topological polar surface area (TPSA) is 40.5 Å². The number of benzene rings is 3. The fraction of sp³-hybridized carbons (Fsp3) is 0.344. The second-order valence-corrected chi connectivity index (χ2v) is 11.3. The summed E-state index contributed by atoms with van der Waals surface area (Å²) in [6, 6.07) is 18.9. The first-order chi connectivity index (χ1) is 18.9. The molecule has 1 saturated heterocycles. The van der Waals surface area contributed by atoms with Crippen molar-refractivity contribution in [2.45, 2.75) is 42.8 Å². The van der Waals surface area contributed by atoms with Crippen LogP contribution in [0.2, 0.25) is 0 Å². The molecule has 5 rings (SSSR count). The Morgan fingerprint density at radius 1 is 1.03 bits per heavy atom. The first-order valence-corrected chi connectivity index (χ1v) is 14.3. The van der Waals surface area contributed by atoms with Crippen LogP contribution < -0.4 is 0 Å². The molecule has 0 atom stereocenters. The summed E-state index contributed by atoms with van der Waals surface area (Å²) in [6.07, 6.45) is 6.15. The van der Waals surface area contributed by atoms with E-state index in [0.29, 0.717) is 46.5 Å². The second kappa shape index (κ2) is 12.4. The van der Waals surface area contributed by atoms with E-state index in [9.17, 15) is 23.1 Å². The van der Waals surface area contributed by atoms with Crippen LogP contribution in [0, 0.1) is 5.92 Å². The summed E-state index contributed by atoms with van der Waals surface area (Å²) in [4.78, 5) is 15.0. The number of thioether (sulfide) groups is 1. The standard InChI is InChI=1S/C32H32F3NO2S/c33-16-5-17-36-19-22(20-36)18-21-10-12-23(13-11-21)24-6-1-2-7-26-25(24)14-15-28(31(37)38)30(26)27-8-3-4-9-29(27)39-32(34)35/h3-4,6,8-15,22,32H,1-2,5,7,16-20H2,(H,37,38). The van der Waals surface area contributed by atoms with Crippen LogP contribution in [-0.4, -0.2) is 48.0 Å². The van der Waals surface area contributed by atoms with Gasteiger partial charge in [-0.2, -0.15) is 8.78 Å². The molecule has 3 nitrogen and oxygen atoms in total. The third kappa shape index (κ3) is 6.25. The number of fused-ring (bicyclic) bond motifs is 1. The molecule has 0 unspecified atom stereocenters. The molecule has 0 aromatic heterocycles. The van der Waals surface area contributed by atoms with Crippen LogP contribution in [0.3, 0.4) is 0 Å². The van der Waals surface area contributed by atoms with Gasteiger partial charge in [-0.3, -0.25) is 4.39 Å². The molecular weight excluding hydrogens is 519 g/mol. The molecule has 1 heterocycles. The lowest BCUT2D eigenvalue weighted by Crippen LogP contribution is -2.47. The predicted octanol–water partition coefficient (Wildman–Crippen LogP) is 7.97. The van der Waals surface area contributed by atoms with Crippen molar-refractivity contribution in [3.05, 3.63) is 94.6 Å². The molecule has 0 spiro atoms. The molecule has 39 heavy (non-hydrogen) atoms. The van der Waals surface area contributed by atoms with Gasteiger partial charge in [-0.25, -0.2) is 4.79 Å². The van der Waals surface area contributed by atoms with Crippen LogP contribution in [0.15, 0.2) is 71.6 Å². The van der Waals surface area contributed by atoms with E-state index in [1.807, 2.05) is 6.07 Å². The zero-order chi connectivity index (χ0) is 27.4. The van der Waals surface area contributed by atoms with Gasteiger partial charge in [0.05, 0.1) is 12.2 Å². The smallest absolute Gasteiger partial charge is 0.336 e. The van der Waals surface area contributed by atoms with Gasteiger partial charge >= 0.3 is 5.97 Å². The summed E-state index contributed by atoms with van der Waals surface area (Å²) in [6.45, 7) is 2.60. The summed E-state index contributed by atoms with van der Waals surface area (Å²) < 4.78 is 39.2. The van der Waals surface area contributed by atoms with Gasteiger partial charge in [-0.1, -0.05) is 66.4 Å². The lowest BCUT2D eigenvalue weighted by atomic mass is 9.85. The Balaban J connectivity index is 1.46. The second-order valence-electron chi connectivity index (χ2n) is 10.3. The molecule has 0 radical (unpaired) electrons. The number of rotatable bonds is 10. The number of aromatic carboxylic acids is 1. The normalized spacial score (nSPS) is 15.9. The summed E-state index contributed by atoms with van der Waals surface area (Å²) in [7, 11) is 0. The van der Waals surface area contributed by atoms with Gasteiger partial charge in [0.1, 0.15) is 0 Å². The van der Waals surface area contributed by atoms with Crippen molar-refractivity contribution in [3.63, 3.8) is 0 Å². The molecule has 3 aromatic carbocycles. The predicted molar refractivity (Wildman–Crippen MR) is 151 cm³/mol. The van der Waals surface area contributed by atoms with Crippen LogP contribution in [-0.2, 0) is 12.8 Å². The van der Waals surface area contributed by atoms with Crippen LogP contribution in [0.4, 0.5) is 13.2 Å². The SMILES string of the molecule is O=C(O)c1ccc2c(c1-c1ccccc1SC(F)F)CCCC=C2c1ccc(CC2CN(CCCF)C2)cc1. The molecule has 204 valence electrons. The number of carboxylic acids is 1. The van der Waals surface area contributed by atoms with Gasteiger partial charge in [-0.05, 0) is 83.5 Å². The molecular formula is C32H32F3NO2S. The van der Waals surface area contributed by atoms with Crippen molar-refractivity contribution in [2.24, 2.45) is 5.92 Å². The maximum absolute atomic E-state index is 13.4. The molecule has 3 aromatic rings. The fourth-order valence-electron chi connectivity index (χ4n) is 5.85. The minimum absolute atomic E-state index is 0.133. The van der Waals surface area contributed by atoms with E-state index in [2.05, 4.69) is 35.2 Å². The zero-order valence-electron chi connectivity index (χ0n) is 21.7. The van der Waals surface area contributed by atoms with E-state index in [4.69, 9.17) is 0 Å². The van der Waals surface area contributed by atoms with Crippen molar-refractivity contribution in [3.8, 4) is 11.1 Å². The van der Waals surface area contributed by atoms with Crippen LogP contribution in [0.5, 0.6) is 0 Å². The molecule has 0 saturated carbocycles. The molecule has 2 aliphatic rings. The van der Waals surface area contributed by atoms with Gasteiger partial charge in [0.2, 0.25) is 0 Å². The van der Waals surface area contributed by atoms with E-state index >= 15 is 0 Å². The van der Waals surface area contributed by atoms with E-state index < -0.39 is 11.7 Å². The first kappa shape index (κ1) is 27.5. The maximum atomic E-state index is 13.4. The monoisotopic (exact) mass is 551 g/mol. The van der Waals surface area contributed by atoms with Crippen molar-refractivity contribution in [2.75, 3.05) is 26.3 Å². The summed E-state index contributed by atoms with van der Waals surface area (Å²) >= 11 is 0.450. The molecule has 1 fully saturated rings. The van der Waals surface area contributed by atoms with Crippen molar-refractivity contribution in [1.82, 2.24) is 4.90 Å². The van der Waals surface area contributed by atoms with Crippen LogP contribution in [0.1, 0.15) is 51.9 Å². The van der Waals surface area contributed by atoms with Gasteiger partial charge in [0.25, 0.3) is 5.76 Å². The number of nitrogens with zero attached hydrogens (tertiary/aromatic N) is 1. The summed E-state index contributed by atoms with van der Waals surface area (Å²) in [5.74, 6) is -3.08. The minimum Gasteiger partial charge on any atom is -0.478 e. The van der Waals surface area contributed by atoms with Crippen LogP contribution in [0.25, 0.3) is 16.7 Å². The molecule has 7 heteroatoms.